The zero-order valence-corrected chi connectivity index (χ0v) is 19.4. The summed E-state index contributed by atoms with van der Waals surface area (Å²) >= 11 is 0. The molecule has 2 heterocycles. The first-order valence-electron chi connectivity index (χ1n) is 11.4. The Bertz CT molecular complexity index is 1050. The van der Waals surface area contributed by atoms with Crippen LogP contribution in [0.2, 0.25) is 0 Å². The summed E-state index contributed by atoms with van der Waals surface area (Å²) in [6, 6.07) is 18.8. The highest BCUT2D eigenvalue weighted by Gasteiger charge is 2.14. The lowest BCUT2D eigenvalue weighted by atomic mass is 10.1. The summed E-state index contributed by atoms with van der Waals surface area (Å²) < 4.78 is 0. The van der Waals surface area contributed by atoms with Crippen molar-refractivity contribution < 1.29 is 19.5 Å². The molecule has 9 nitrogen and oxygen atoms in total. The number of hydrogen-bond donors (Lipinski definition) is 3. The van der Waals surface area contributed by atoms with Gasteiger partial charge in [-0.25, -0.2) is 0 Å². The van der Waals surface area contributed by atoms with Crippen molar-refractivity contribution in [1.29, 1.82) is 0 Å². The molecule has 3 aromatic rings. The molecule has 182 valence electrons. The predicted octanol–water partition coefficient (Wildman–Crippen LogP) is 2.64. The number of amides is 2. The third kappa shape index (κ3) is 9.73. The molecule has 9 heteroatoms. The minimum atomic E-state index is -0.991. The van der Waals surface area contributed by atoms with Gasteiger partial charge in [-0.2, -0.15) is 0 Å². The second kappa shape index (κ2) is 13.6. The van der Waals surface area contributed by atoms with Gasteiger partial charge in [-0.1, -0.05) is 24.3 Å². The zero-order chi connectivity index (χ0) is 24.9. The van der Waals surface area contributed by atoms with E-state index in [4.69, 9.17) is 5.11 Å². The molecule has 3 rings (SSSR count). The molecular formula is C26H29N5O4. The van der Waals surface area contributed by atoms with Crippen molar-refractivity contribution in [2.45, 2.75) is 32.4 Å². The van der Waals surface area contributed by atoms with Crippen molar-refractivity contribution in [3.63, 3.8) is 0 Å². The standard InChI is InChI=1S/C26H29N5O4/c32-24(11-12-26(34)35)29-16-13-20-7-9-21(10-8-20)30-25(33)19-31(17-22-5-1-3-14-27-22)18-23-6-2-4-15-28-23/h1-10,14-15H,11-13,16-19H2,(H,29,32)(H,30,33)(H,34,35). The Balaban J connectivity index is 1.50. The van der Waals surface area contributed by atoms with Gasteiger partial charge in [-0.05, 0) is 48.4 Å². The average molecular weight is 476 g/mol. The van der Waals surface area contributed by atoms with Gasteiger partial charge >= 0.3 is 5.97 Å². The van der Waals surface area contributed by atoms with Gasteiger partial charge < -0.3 is 15.7 Å². The number of benzene rings is 1. The number of anilines is 1. The number of carboxylic acids is 1. The molecule has 0 spiro atoms. The van der Waals surface area contributed by atoms with Gasteiger partial charge in [0, 0.05) is 44.1 Å². The lowest BCUT2D eigenvalue weighted by molar-refractivity contribution is -0.138. The fourth-order valence-corrected chi connectivity index (χ4v) is 3.42. The molecule has 0 atom stereocenters. The zero-order valence-electron chi connectivity index (χ0n) is 19.4. The SMILES string of the molecule is O=C(O)CCC(=O)NCCc1ccc(NC(=O)CN(Cc2ccccn2)Cc2ccccn2)cc1. The molecule has 3 N–H and O–H groups in total. The normalized spacial score (nSPS) is 10.7. The number of pyridine rings is 2. The molecule has 0 bridgehead atoms. The van der Waals surface area contributed by atoms with Crippen LogP contribution in [0.4, 0.5) is 5.69 Å². The molecule has 0 saturated heterocycles. The summed E-state index contributed by atoms with van der Waals surface area (Å²) in [5, 5.41) is 14.2. The number of hydrogen-bond acceptors (Lipinski definition) is 6. The lowest BCUT2D eigenvalue weighted by Gasteiger charge is -2.21. The smallest absolute Gasteiger partial charge is 0.303 e. The number of carboxylic acid groups (broad SMARTS) is 1. The van der Waals surface area contributed by atoms with Crippen LogP contribution in [-0.2, 0) is 33.9 Å². The second-order valence-electron chi connectivity index (χ2n) is 8.03. The van der Waals surface area contributed by atoms with E-state index in [9.17, 15) is 14.4 Å². The lowest BCUT2D eigenvalue weighted by Crippen LogP contribution is -2.33. The van der Waals surface area contributed by atoms with Gasteiger partial charge in [0.25, 0.3) is 0 Å². The van der Waals surface area contributed by atoms with E-state index in [2.05, 4.69) is 20.6 Å². The highest BCUT2D eigenvalue weighted by Crippen LogP contribution is 2.12. The van der Waals surface area contributed by atoms with Crippen molar-refractivity contribution in [3.05, 3.63) is 90.0 Å². The number of aliphatic carboxylic acids is 1. The summed E-state index contributed by atoms with van der Waals surface area (Å²) in [6.07, 6.45) is 3.86. The Kier molecular flexibility index (Phi) is 9.89. The van der Waals surface area contributed by atoms with Crippen molar-refractivity contribution in [1.82, 2.24) is 20.2 Å². The molecular weight excluding hydrogens is 446 g/mol. The molecule has 0 fully saturated rings. The topological polar surface area (TPSA) is 125 Å². The van der Waals surface area contributed by atoms with Crippen molar-refractivity contribution in [3.8, 4) is 0 Å². The maximum atomic E-state index is 12.8. The third-order valence-corrected chi connectivity index (χ3v) is 5.13. The largest absolute Gasteiger partial charge is 0.481 e. The predicted molar refractivity (Wildman–Crippen MR) is 131 cm³/mol. The number of nitrogens with zero attached hydrogens (tertiary/aromatic N) is 3. The minimum absolute atomic E-state index is 0.0298. The summed E-state index contributed by atoms with van der Waals surface area (Å²) in [4.78, 5) is 45.6. The van der Waals surface area contributed by atoms with Crippen molar-refractivity contribution >= 4 is 23.5 Å². The van der Waals surface area contributed by atoms with Crippen molar-refractivity contribution in [2.24, 2.45) is 0 Å². The van der Waals surface area contributed by atoms with Crippen LogP contribution in [0.25, 0.3) is 0 Å². The first kappa shape index (κ1) is 25.5. The number of aromatic nitrogens is 2. The molecule has 0 radical (unpaired) electrons. The fraction of sp³-hybridized carbons (Fsp3) is 0.269. The quantitative estimate of drug-likeness (QED) is 0.347. The highest BCUT2D eigenvalue weighted by molar-refractivity contribution is 5.92. The number of rotatable bonds is 13. The highest BCUT2D eigenvalue weighted by atomic mass is 16.4. The Morgan fingerprint density at radius 3 is 1.97 bits per heavy atom. The molecule has 0 unspecified atom stereocenters. The summed E-state index contributed by atoms with van der Waals surface area (Å²) in [5.74, 6) is -1.41. The monoisotopic (exact) mass is 475 g/mol. The van der Waals surface area contributed by atoms with E-state index in [1.807, 2.05) is 65.6 Å². The Labute approximate surface area is 204 Å². The number of carbonyl (C=O) groups is 3. The molecule has 35 heavy (non-hydrogen) atoms. The Hall–Kier alpha value is -4.11. The van der Waals surface area contributed by atoms with E-state index in [1.54, 1.807) is 12.4 Å². The minimum Gasteiger partial charge on any atom is -0.481 e. The van der Waals surface area contributed by atoms with Crippen LogP contribution in [0, 0.1) is 0 Å². The van der Waals surface area contributed by atoms with Crippen LogP contribution in [0.3, 0.4) is 0 Å². The third-order valence-electron chi connectivity index (χ3n) is 5.13. The van der Waals surface area contributed by atoms with E-state index < -0.39 is 5.97 Å². The van der Waals surface area contributed by atoms with E-state index >= 15 is 0 Å². The van der Waals surface area contributed by atoms with Crippen LogP contribution in [-0.4, -0.2) is 50.8 Å². The molecule has 0 aliphatic heterocycles. The van der Waals surface area contributed by atoms with Crippen LogP contribution < -0.4 is 10.6 Å². The maximum Gasteiger partial charge on any atom is 0.303 e. The summed E-state index contributed by atoms with van der Waals surface area (Å²) in [7, 11) is 0. The molecule has 0 saturated carbocycles. The summed E-state index contributed by atoms with van der Waals surface area (Å²) in [6.45, 7) is 1.63. The van der Waals surface area contributed by atoms with Crippen LogP contribution in [0.5, 0.6) is 0 Å². The van der Waals surface area contributed by atoms with Gasteiger partial charge in [0.1, 0.15) is 0 Å². The van der Waals surface area contributed by atoms with E-state index in [0.29, 0.717) is 31.7 Å². The number of nitrogens with one attached hydrogen (secondary N) is 2. The van der Waals surface area contributed by atoms with Gasteiger partial charge in [-0.15, -0.1) is 0 Å². The Morgan fingerprint density at radius 1 is 0.800 bits per heavy atom. The van der Waals surface area contributed by atoms with Crippen LogP contribution in [0.1, 0.15) is 29.8 Å². The van der Waals surface area contributed by atoms with Gasteiger partial charge in [-0.3, -0.25) is 29.3 Å². The average Bonchev–Trinajstić information content (AvgIpc) is 2.85. The first-order chi connectivity index (χ1) is 17.0. The van der Waals surface area contributed by atoms with E-state index in [1.165, 1.54) is 0 Å². The van der Waals surface area contributed by atoms with Gasteiger partial charge in [0.05, 0.1) is 24.4 Å². The van der Waals surface area contributed by atoms with Crippen LogP contribution >= 0.6 is 0 Å². The van der Waals surface area contributed by atoms with Gasteiger partial charge in [0.15, 0.2) is 0 Å². The summed E-state index contributed by atoms with van der Waals surface area (Å²) in [5.41, 5.74) is 3.42. The Morgan fingerprint density at radius 2 is 1.43 bits per heavy atom. The van der Waals surface area contributed by atoms with E-state index in [0.717, 1.165) is 17.0 Å². The molecule has 2 aromatic heterocycles. The van der Waals surface area contributed by atoms with E-state index in [-0.39, 0.29) is 31.2 Å². The number of carbonyl (C=O) groups excluding carboxylic acids is 2. The fourth-order valence-electron chi connectivity index (χ4n) is 3.42. The van der Waals surface area contributed by atoms with Crippen LogP contribution in [0.15, 0.2) is 73.1 Å². The molecule has 0 aliphatic carbocycles. The molecule has 2 amide bonds. The van der Waals surface area contributed by atoms with Gasteiger partial charge in [0.2, 0.25) is 11.8 Å². The maximum absolute atomic E-state index is 12.8. The van der Waals surface area contributed by atoms with Crippen molar-refractivity contribution in [2.75, 3.05) is 18.4 Å². The molecule has 1 aromatic carbocycles. The second-order valence-corrected chi connectivity index (χ2v) is 8.03. The first-order valence-corrected chi connectivity index (χ1v) is 11.4. The molecule has 0 aliphatic rings.